The van der Waals surface area contributed by atoms with Gasteiger partial charge in [0, 0.05) is 12.1 Å². The van der Waals surface area contributed by atoms with Gasteiger partial charge in [0.25, 0.3) is 5.91 Å². The van der Waals surface area contributed by atoms with E-state index in [4.69, 9.17) is 27.6 Å². The molecule has 10 heteroatoms. The Morgan fingerprint density at radius 1 is 0.946 bits per heavy atom. The number of nitrogens with one attached hydrogen (secondary N) is 1. The molecule has 190 valence electrons. The molecule has 37 heavy (non-hydrogen) atoms. The summed E-state index contributed by atoms with van der Waals surface area (Å²) in [4.78, 5) is 12.3. The number of hydrazone groups is 1. The summed E-state index contributed by atoms with van der Waals surface area (Å²) in [6, 6.07) is 23.6. The van der Waals surface area contributed by atoms with E-state index in [1.165, 1.54) is 10.5 Å². The normalized spacial score (nSPS) is 11.8. The molecule has 3 aromatic carbocycles. The van der Waals surface area contributed by atoms with Crippen molar-refractivity contribution in [3.8, 4) is 0 Å². The number of hydrogen-bond acceptors (Lipinski definition) is 5. The Kier molecular flexibility index (Phi) is 8.45. The van der Waals surface area contributed by atoms with E-state index >= 15 is 0 Å². The molecule has 1 heterocycles. The van der Waals surface area contributed by atoms with Crippen LogP contribution in [0.25, 0.3) is 0 Å². The minimum atomic E-state index is -3.88. The number of amides is 1. The standard InChI is InChI=1S/C27H23Cl2N3O4S/c1-19-7-12-24(13-8-19)37(34,35)32(17-20-9-14-25(28)26(29)15-20)18-23-11-10-22(36-23)16-30-31-27(33)21-5-3-2-4-6-21/h2-16H,17-18H2,1H3,(H,31,33)/b30-16-. The van der Waals surface area contributed by atoms with Crippen LogP contribution in [0.1, 0.15) is 33.0 Å². The molecule has 4 aromatic rings. The van der Waals surface area contributed by atoms with Gasteiger partial charge in [-0.05, 0) is 61.0 Å². The lowest BCUT2D eigenvalue weighted by Gasteiger charge is -2.22. The summed E-state index contributed by atoms with van der Waals surface area (Å²) in [5.74, 6) is 0.387. The Morgan fingerprint density at radius 2 is 1.68 bits per heavy atom. The van der Waals surface area contributed by atoms with Crippen LogP contribution in [0.5, 0.6) is 0 Å². The number of hydrogen-bond donors (Lipinski definition) is 1. The molecule has 0 saturated carbocycles. The van der Waals surface area contributed by atoms with Gasteiger partial charge in [0.1, 0.15) is 11.5 Å². The highest BCUT2D eigenvalue weighted by molar-refractivity contribution is 7.89. The van der Waals surface area contributed by atoms with Gasteiger partial charge in [0.05, 0.1) is 27.7 Å². The second-order valence-corrected chi connectivity index (χ2v) is 11.0. The maximum atomic E-state index is 13.5. The molecule has 0 aliphatic heterocycles. The zero-order valence-electron chi connectivity index (χ0n) is 19.8. The van der Waals surface area contributed by atoms with E-state index < -0.39 is 10.0 Å². The third kappa shape index (κ3) is 6.87. The molecular weight excluding hydrogens is 533 g/mol. The second kappa shape index (κ2) is 11.7. The maximum Gasteiger partial charge on any atom is 0.271 e. The number of nitrogens with zero attached hydrogens (tertiary/aromatic N) is 2. The summed E-state index contributed by atoms with van der Waals surface area (Å²) in [6.45, 7) is 1.89. The SMILES string of the molecule is Cc1ccc(S(=O)(=O)N(Cc2ccc(Cl)c(Cl)c2)Cc2ccc(/C=N\NC(=O)c3ccccc3)o2)cc1. The highest BCUT2D eigenvalue weighted by atomic mass is 35.5. The van der Waals surface area contributed by atoms with E-state index in [1.54, 1.807) is 78.9 Å². The molecule has 0 bridgehead atoms. The van der Waals surface area contributed by atoms with E-state index in [1.807, 2.05) is 13.0 Å². The Hall–Kier alpha value is -3.43. The number of carbonyl (C=O) groups is 1. The molecule has 0 aliphatic carbocycles. The van der Waals surface area contributed by atoms with Crippen LogP contribution in [0.4, 0.5) is 0 Å². The van der Waals surface area contributed by atoms with Crippen molar-refractivity contribution in [3.63, 3.8) is 0 Å². The zero-order chi connectivity index (χ0) is 26.4. The van der Waals surface area contributed by atoms with Gasteiger partial charge in [-0.2, -0.15) is 9.41 Å². The van der Waals surface area contributed by atoms with Gasteiger partial charge in [-0.1, -0.05) is 65.2 Å². The smallest absolute Gasteiger partial charge is 0.271 e. The number of halogens is 2. The molecule has 4 rings (SSSR count). The van der Waals surface area contributed by atoms with Crippen LogP contribution in [0.2, 0.25) is 10.0 Å². The van der Waals surface area contributed by atoms with Gasteiger partial charge in [0.2, 0.25) is 10.0 Å². The average Bonchev–Trinajstić information content (AvgIpc) is 3.33. The molecular formula is C27H23Cl2N3O4S. The van der Waals surface area contributed by atoms with Gasteiger partial charge < -0.3 is 4.42 Å². The van der Waals surface area contributed by atoms with Crippen molar-refractivity contribution >= 4 is 45.3 Å². The molecule has 0 unspecified atom stereocenters. The van der Waals surface area contributed by atoms with Crippen LogP contribution in [0, 0.1) is 6.92 Å². The molecule has 0 saturated heterocycles. The third-order valence-electron chi connectivity index (χ3n) is 5.41. The fourth-order valence-corrected chi connectivity index (χ4v) is 5.17. The van der Waals surface area contributed by atoms with Crippen molar-refractivity contribution in [2.75, 3.05) is 0 Å². The first kappa shape index (κ1) is 26.6. The molecule has 0 aliphatic rings. The molecule has 0 spiro atoms. The zero-order valence-corrected chi connectivity index (χ0v) is 22.1. The Balaban J connectivity index is 1.53. The second-order valence-electron chi connectivity index (χ2n) is 8.20. The van der Waals surface area contributed by atoms with Crippen molar-refractivity contribution in [2.45, 2.75) is 24.9 Å². The fraction of sp³-hybridized carbons (Fsp3) is 0.111. The minimum absolute atomic E-state index is 0.0410. The van der Waals surface area contributed by atoms with Crippen LogP contribution in [-0.4, -0.2) is 24.8 Å². The highest BCUT2D eigenvalue weighted by Crippen LogP contribution is 2.26. The van der Waals surface area contributed by atoms with E-state index in [9.17, 15) is 13.2 Å². The van der Waals surface area contributed by atoms with Crippen molar-refractivity contribution in [3.05, 3.63) is 123 Å². The van der Waals surface area contributed by atoms with Gasteiger partial charge in [0.15, 0.2) is 0 Å². The number of rotatable bonds is 9. The summed E-state index contributed by atoms with van der Waals surface area (Å²) in [5.41, 5.74) is 4.52. The van der Waals surface area contributed by atoms with Crippen molar-refractivity contribution in [1.29, 1.82) is 0 Å². The largest absolute Gasteiger partial charge is 0.459 e. The Bertz CT molecular complexity index is 1520. The van der Waals surface area contributed by atoms with Gasteiger partial charge in [-0.15, -0.1) is 0 Å². The molecule has 1 aromatic heterocycles. The lowest BCUT2D eigenvalue weighted by Crippen LogP contribution is -2.30. The van der Waals surface area contributed by atoms with E-state index in [0.29, 0.717) is 32.7 Å². The molecule has 0 atom stereocenters. The summed E-state index contributed by atoms with van der Waals surface area (Å²) in [6.07, 6.45) is 1.35. The molecule has 7 nitrogen and oxygen atoms in total. The number of furan rings is 1. The predicted octanol–water partition coefficient (Wildman–Crippen LogP) is 6.05. The number of aryl methyl sites for hydroxylation is 1. The third-order valence-corrected chi connectivity index (χ3v) is 7.96. The number of carbonyl (C=O) groups excluding carboxylic acids is 1. The van der Waals surface area contributed by atoms with Crippen LogP contribution >= 0.6 is 23.2 Å². The average molecular weight is 556 g/mol. The number of benzene rings is 3. The van der Waals surface area contributed by atoms with E-state index in [2.05, 4.69) is 10.5 Å². The summed E-state index contributed by atoms with van der Waals surface area (Å²) in [5, 5.41) is 4.64. The Labute approximate surface area is 225 Å². The fourth-order valence-electron chi connectivity index (χ4n) is 3.46. The topological polar surface area (TPSA) is 92.0 Å². The van der Waals surface area contributed by atoms with Gasteiger partial charge >= 0.3 is 0 Å². The van der Waals surface area contributed by atoms with E-state index in [0.717, 1.165) is 5.56 Å². The lowest BCUT2D eigenvalue weighted by molar-refractivity contribution is 0.0955. The van der Waals surface area contributed by atoms with Crippen molar-refractivity contribution in [1.82, 2.24) is 9.73 Å². The van der Waals surface area contributed by atoms with Crippen LogP contribution in [0.15, 0.2) is 99.3 Å². The summed E-state index contributed by atoms with van der Waals surface area (Å²) in [7, 11) is -3.88. The molecule has 1 amide bonds. The van der Waals surface area contributed by atoms with E-state index in [-0.39, 0.29) is 23.9 Å². The Morgan fingerprint density at radius 3 is 2.38 bits per heavy atom. The van der Waals surface area contributed by atoms with Crippen LogP contribution < -0.4 is 5.43 Å². The first-order valence-electron chi connectivity index (χ1n) is 11.2. The summed E-state index contributed by atoms with van der Waals surface area (Å²) < 4.78 is 34.2. The molecule has 1 N–H and O–H groups in total. The lowest BCUT2D eigenvalue weighted by atomic mass is 10.2. The first-order valence-corrected chi connectivity index (χ1v) is 13.4. The minimum Gasteiger partial charge on any atom is -0.459 e. The molecule has 0 fully saturated rings. The van der Waals surface area contributed by atoms with Crippen molar-refractivity contribution in [2.24, 2.45) is 5.10 Å². The first-order chi connectivity index (χ1) is 17.7. The quantitative estimate of drug-likeness (QED) is 0.201. The van der Waals surface area contributed by atoms with Gasteiger partial charge in [-0.25, -0.2) is 13.8 Å². The number of sulfonamides is 1. The van der Waals surface area contributed by atoms with Gasteiger partial charge in [-0.3, -0.25) is 4.79 Å². The predicted molar refractivity (Wildman–Crippen MR) is 144 cm³/mol. The van der Waals surface area contributed by atoms with Crippen LogP contribution in [-0.2, 0) is 23.1 Å². The van der Waals surface area contributed by atoms with Crippen molar-refractivity contribution < 1.29 is 17.6 Å². The monoisotopic (exact) mass is 555 g/mol. The van der Waals surface area contributed by atoms with Crippen LogP contribution in [0.3, 0.4) is 0 Å². The summed E-state index contributed by atoms with van der Waals surface area (Å²) >= 11 is 12.2. The highest BCUT2D eigenvalue weighted by Gasteiger charge is 2.26. The maximum absolute atomic E-state index is 13.5. The molecule has 0 radical (unpaired) electrons.